The molecule has 0 heterocycles. The van der Waals surface area contributed by atoms with Gasteiger partial charge in [0.15, 0.2) is 0 Å². The summed E-state index contributed by atoms with van der Waals surface area (Å²) in [6.07, 6.45) is 3.04. The number of carbonyl (C=O) groups is 1. The predicted molar refractivity (Wildman–Crippen MR) is 96.9 cm³/mol. The summed E-state index contributed by atoms with van der Waals surface area (Å²) >= 11 is 0. The Balaban J connectivity index is 1.84. The van der Waals surface area contributed by atoms with Gasteiger partial charge < -0.3 is 4.90 Å². The Morgan fingerprint density at radius 2 is 1.80 bits per heavy atom. The Bertz CT molecular complexity index is 876. The number of aryl methyl sites for hydroxylation is 1. The van der Waals surface area contributed by atoms with Gasteiger partial charge in [-0.1, -0.05) is 24.3 Å². The third-order valence-electron chi connectivity index (χ3n) is 4.81. The molecule has 0 aliphatic heterocycles. The van der Waals surface area contributed by atoms with Gasteiger partial charge in [-0.25, -0.2) is 13.1 Å². The fourth-order valence-electron chi connectivity index (χ4n) is 3.37. The molecule has 25 heavy (non-hydrogen) atoms. The van der Waals surface area contributed by atoms with Crippen molar-refractivity contribution in [1.82, 2.24) is 9.62 Å². The normalized spacial score (nSPS) is 17.0. The summed E-state index contributed by atoms with van der Waals surface area (Å²) in [4.78, 5) is 14.8. The van der Waals surface area contributed by atoms with Gasteiger partial charge in [0, 0.05) is 12.6 Å². The number of carbonyl (C=O) groups excluding carboxylic acids is 1. The first-order chi connectivity index (χ1) is 11.9. The van der Waals surface area contributed by atoms with Gasteiger partial charge in [-0.05, 0) is 61.7 Å². The van der Waals surface area contributed by atoms with Crippen LogP contribution in [0.4, 0.5) is 0 Å². The lowest BCUT2D eigenvalue weighted by atomic mass is 9.87. The van der Waals surface area contributed by atoms with Crippen molar-refractivity contribution in [3.63, 3.8) is 0 Å². The molecular weight excluding hydrogens is 336 g/mol. The molecule has 3 rings (SSSR count). The van der Waals surface area contributed by atoms with Crippen LogP contribution in [0, 0.1) is 0 Å². The second-order valence-corrected chi connectivity index (χ2v) is 8.14. The third kappa shape index (κ3) is 3.45. The van der Waals surface area contributed by atoms with E-state index in [-0.39, 0.29) is 16.8 Å². The third-order valence-corrected chi connectivity index (χ3v) is 6.24. The zero-order valence-electron chi connectivity index (χ0n) is 14.4. The van der Waals surface area contributed by atoms with Gasteiger partial charge in [0.25, 0.3) is 5.91 Å². The minimum Gasteiger partial charge on any atom is -0.335 e. The molecule has 1 aliphatic carbocycles. The van der Waals surface area contributed by atoms with Crippen LogP contribution in [-0.2, 0) is 16.4 Å². The van der Waals surface area contributed by atoms with E-state index >= 15 is 0 Å². The Morgan fingerprint density at radius 3 is 2.48 bits per heavy atom. The second kappa shape index (κ2) is 6.98. The summed E-state index contributed by atoms with van der Waals surface area (Å²) in [6, 6.07) is 14.4. The van der Waals surface area contributed by atoms with E-state index < -0.39 is 10.0 Å². The van der Waals surface area contributed by atoms with E-state index in [1.807, 2.05) is 19.2 Å². The molecule has 6 heteroatoms. The highest BCUT2D eigenvalue weighted by atomic mass is 32.2. The van der Waals surface area contributed by atoms with Gasteiger partial charge in [-0.2, -0.15) is 0 Å². The number of hydrogen-bond donors (Lipinski definition) is 1. The van der Waals surface area contributed by atoms with E-state index in [1.54, 1.807) is 17.0 Å². The smallest absolute Gasteiger partial charge is 0.254 e. The molecule has 5 nitrogen and oxygen atoms in total. The van der Waals surface area contributed by atoms with Crippen LogP contribution in [0.1, 0.15) is 40.4 Å². The van der Waals surface area contributed by atoms with E-state index in [0.717, 1.165) is 19.3 Å². The maximum Gasteiger partial charge on any atom is 0.254 e. The average Bonchev–Trinajstić information content (AvgIpc) is 2.66. The van der Waals surface area contributed by atoms with Crippen molar-refractivity contribution >= 4 is 15.9 Å². The van der Waals surface area contributed by atoms with Crippen molar-refractivity contribution < 1.29 is 13.2 Å². The average molecular weight is 358 g/mol. The van der Waals surface area contributed by atoms with Crippen molar-refractivity contribution in [2.45, 2.75) is 30.2 Å². The molecule has 2 aromatic rings. The minimum atomic E-state index is -3.50. The van der Waals surface area contributed by atoms with Crippen LogP contribution in [0.15, 0.2) is 53.4 Å². The summed E-state index contributed by atoms with van der Waals surface area (Å²) in [6.45, 7) is 0. The lowest BCUT2D eigenvalue weighted by Crippen LogP contribution is -2.33. The zero-order valence-corrected chi connectivity index (χ0v) is 15.2. The van der Waals surface area contributed by atoms with Gasteiger partial charge >= 0.3 is 0 Å². The maximum absolute atomic E-state index is 12.8. The monoisotopic (exact) mass is 358 g/mol. The molecule has 0 unspecified atom stereocenters. The SMILES string of the molecule is CNS(=O)(=O)c1ccc(C(=O)N(C)[C@@H]2CCCc3ccccc32)cc1. The van der Waals surface area contributed by atoms with Gasteiger partial charge in [-0.15, -0.1) is 0 Å². The molecule has 1 N–H and O–H groups in total. The Morgan fingerprint density at radius 1 is 1.12 bits per heavy atom. The van der Waals surface area contributed by atoms with E-state index in [1.165, 1.54) is 30.3 Å². The zero-order chi connectivity index (χ0) is 18.0. The van der Waals surface area contributed by atoms with E-state index in [0.29, 0.717) is 5.56 Å². The number of fused-ring (bicyclic) bond motifs is 1. The van der Waals surface area contributed by atoms with Crippen molar-refractivity contribution in [2.75, 3.05) is 14.1 Å². The molecule has 1 aliphatic rings. The lowest BCUT2D eigenvalue weighted by molar-refractivity contribution is 0.0715. The molecular formula is C19H22N2O3S. The topological polar surface area (TPSA) is 66.5 Å². The minimum absolute atomic E-state index is 0.0539. The number of rotatable bonds is 4. The van der Waals surface area contributed by atoms with E-state index in [4.69, 9.17) is 0 Å². The molecule has 0 saturated heterocycles. The van der Waals surface area contributed by atoms with Crippen molar-refractivity contribution in [2.24, 2.45) is 0 Å². The number of sulfonamides is 1. The molecule has 2 aromatic carbocycles. The number of hydrogen-bond acceptors (Lipinski definition) is 3. The number of benzene rings is 2. The van der Waals surface area contributed by atoms with Crippen molar-refractivity contribution in [3.8, 4) is 0 Å². The summed E-state index contributed by atoms with van der Waals surface area (Å²) in [5, 5.41) is 0. The fourth-order valence-corrected chi connectivity index (χ4v) is 4.10. The molecule has 132 valence electrons. The Labute approximate surface area is 148 Å². The molecule has 0 bridgehead atoms. The first kappa shape index (κ1) is 17.6. The van der Waals surface area contributed by atoms with Crippen LogP contribution >= 0.6 is 0 Å². The maximum atomic E-state index is 12.8. The molecule has 0 fully saturated rings. The predicted octanol–water partition coefficient (Wildman–Crippen LogP) is 2.74. The summed E-state index contributed by atoms with van der Waals surface area (Å²) < 4.78 is 25.9. The van der Waals surface area contributed by atoms with E-state index in [2.05, 4.69) is 16.9 Å². The van der Waals surface area contributed by atoms with Crippen LogP contribution in [0.2, 0.25) is 0 Å². The van der Waals surface area contributed by atoms with Crippen LogP contribution in [-0.4, -0.2) is 33.3 Å². The van der Waals surface area contributed by atoms with Crippen LogP contribution in [0.25, 0.3) is 0 Å². The highest BCUT2D eigenvalue weighted by molar-refractivity contribution is 7.89. The van der Waals surface area contributed by atoms with Gasteiger partial charge in [0.2, 0.25) is 10.0 Å². The first-order valence-electron chi connectivity index (χ1n) is 8.32. The highest BCUT2D eigenvalue weighted by Gasteiger charge is 2.27. The number of amides is 1. The Hall–Kier alpha value is -2.18. The second-order valence-electron chi connectivity index (χ2n) is 6.25. The van der Waals surface area contributed by atoms with E-state index in [9.17, 15) is 13.2 Å². The summed E-state index contributed by atoms with van der Waals surface area (Å²) in [5.41, 5.74) is 2.99. The summed E-state index contributed by atoms with van der Waals surface area (Å²) in [5.74, 6) is -0.102. The molecule has 0 aromatic heterocycles. The first-order valence-corrected chi connectivity index (χ1v) is 9.81. The van der Waals surface area contributed by atoms with Gasteiger partial charge in [0.1, 0.15) is 0 Å². The van der Waals surface area contributed by atoms with Gasteiger partial charge in [-0.3, -0.25) is 4.79 Å². The molecule has 1 amide bonds. The summed E-state index contributed by atoms with van der Waals surface area (Å²) in [7, 11) is -0.320. The largest absolute Gasteiger partial charge is 0.335 e. The molecule has 0 spiro atoms. The fraction of sp³-hybridized carbons (Fsp3) is 0.316. The highest BCUT2D eigenvalue weighted by Crippen LogP contribution is 2.34. The van der Waals surface area contributed by atoms with Crippen molar-refractivity contribution in [3.05, 3.63) is 65.2 Å². The Kier molecular flexibility index (Phi) is 4.92. The molecule has 0 saturated carbocycles. The van der Waals surface area contributed by atoms with Gasteiger partial charge in [0.05, 0.1) is 10.9 Å². The number of nitrogens with zero attached hydrogens (tertiary/aromatic N) is 1. The number of nitrogens with one attached hydrogen (secondary N) is 1. The molecule has 1 atom stereocenters. The lowest BCUT2D eigenvalue weighted by Gasteiger charge is -2.33. The molecule has 0 radical (unpaired) electrons. The quantitative estimate of drug-likeness (QED) is 0.914. The van der Waals surface area contributed by atoms with Crippen molar-refractivity contribution in [1.29, 1.82) is 0 Å². The van der Waals surface area contributed by atoms with Crippen LogP contribution in [0.5, 0.6) is 0 Å². The standard InChI is InChI=1S/C19H22N2O3S/c1-20-25(23,24)16-12-10-15(11-13-16)19(22)21(2)18-9-5-7-14-6-3-4-8-17(14)18/h3-4,6,8,10-13,18,20H,5,7,9H2,1-2H3/t18-/m1/s1. The van der Waals surface area contributed by atoms with Crippen LogP contribution < -0.4 is 4.72 Å². The van der Waals surface area contributed by atoms with Crippen LogP contribution in [0.3, 0.4) is 0 Å².